The van der Waals surface area contributed by atoms with E-state index in [0.717, 1.165) is 11.5 Å². The molecule has 0 saturated heterocycles. The van der Waals surface area contributed by atoms with Gasteiger partial charge in [-0.3, -0.25) is 4.79 Å². The molecule has 0 radical (unpaired) electrons. The van der Waals surface area contributed by atoms with Crippen molar-refractivity contribution in [1.29, 1.82) is 0 Å². The number of anilines is 1. The summed E-state index contributed by atoms with van der Waals surface area (Å²) in [6.07, 6.45) is 1.61. The van der Waals surface area contributed by atoms with Crippen molar-refractivity contribution < 1.29 is 18.1 Å². The lowest BCUT2D eigenvalue weighted by Gasteiger charge is -2.09. The lowest BCUT2D eigenvalue weighted by molar-refractivity contribution is 0.102. The maximum absolute atomic E-state index is 12.6. The number of halogens is 2. The molecule has 0 atom stereocenters. The summed E-state index contributed by atoms with van der Waals surface area (Å²) in [4.78, 5) is 17.3. The van der Waals surface area contributed by atoms with E-state index in [1.807, 2.05) is 13.0 Å². The van der Waals surface area contributed by atoms with Crippen molar-refractivity contribution in [3.05, 3.63) is 65.7 Å². The largest absolute Gasteiger partial charge is 0.361 e. The van der Waals surface area contributed by atoms with Crippen LogP contribution in [-0.4, -0.2) is 21.8 Å². The number of benzene rings is 1. The van der Waals surface area contributed by atoms with Gasteiger partial charge in [0, 0.05) is 28.6 Å². The second-order valence-corrected chi connectivity index (χ2v) is 7.46. The Labute approximate surface area is 162 Å². The number of nitrogens with one attached hydrogen (secondary N) is 1. The lowest BCUT2D eigenvalue weighted by atomic mass is 10.2. The molecule has 0 spiro atoms. The number of pyridine rings is 1. The highest BCUT2D eigenvalue weighted by Crippen LogP contribution is 2.27. The molecule has 5 nitrogen and oxygen atoms in total. The van der Waals surface area contributed by atoms with E-state index in [2.05, 4.69) is 15.5 Å². The summed E-state index contributed by atoms with van der Waals surface area (Å²) in [6, 6.07) is 11.4. The summed E-state index contributed by atoms with van der Waals surface area (Å²) in [5.74, 6) is -1.56. The second-order valence-electron chi connectivity index (χ2n) is 5.43. The predicted molar refractivity (Wildman–Crippen MR) is 101 cm³/mol. The van der Waals surface area contributed by atoms with Crippen LogP contribution in [0.2, 0.25) is 0 Å². The van der Waals surface area contributed by atoms with E-state index in [1.54, 1.807) is 30.5 Å². The predicted octanol–water partition coefficient (Wildman–Crippen LogP) is 5.24. The molecule has 0 unspecified atom stereocenters. The minimum Gasteiger partial charge on any atom is -0.361 e. The Bertz CT molecular complexity index is 917. The monoisotopic (exact) mass is 407 g/mol. The van der Waals surface area contributed by atoms with Crippen LogP contribution in [-0.2, 0) is 5.75 Å². The number of carbonyl (C=O) groups is 1. The van der Waals surface area contributed by atoms with Crippen molar-refractivity contribution in [3.63, 3.8) is 0 Å². The quantitative estimate of drug-likeness (QED) is 0.541. The third kappa shape index (κ3) is 5.54. The molecule has 9 heteroatoms. The van der Waals surface area contributed by atoms with Crippen molar-refractivity contribution in [1.82, 2.24) is 10.1 Å². The topological polar surface area (TPSA) is 68.0 Å². The third-order valence-corrected chi connectivity index (χ3v) is 5.15. The summed E-state index contributed by atoms with van der Waals surface area (Å²) in [5, 5.41) is 7.25. The Hall–Kier alpha value is -2.39. The first-order chi connectivity index (χ1) is 13.0. The molecule has 1 amide bonds. The Morgan fingerprint density at radius 3 is 2.70 bits per heavy atom. The number of alkyl halides is 2. The molecule has 0 saturated carbocycles. The molecule has 0 aliphatic carbocycles. The highest BCUT2D eigenvalue weighted by Gasteiger charge is 2.14. The molecule has 0 fully saturated rings. The molecule has 140 valence electrons. The third-order valence-electron chi connectivity index (χ3n) is 3.39. The van der Waals surface area contributed by atoms with Crippen LogP contribution in [0.3, 0.4) is 0 Å². The van der Waals surface area contributed by atoms with Gasteiger partial charge in [0.15, 0.2) is 0 Å². The molecular weight excluding hydrogens is 392 g/mol. The Balaban J connectivity index is 1.67. The standard InChI is InChI=1S/C18H15F2N3O2S2/c1-11-9-13(23-25-11)10-26-17-15(3-2-8-21-17)16(24)22-12-4-6-14(7-5-12)27-18(19)20/h2-9,18H,10H2,1H3,(H,22,24). The van der Waals surface area contributed by atoms with Gasteiger partial charge in [-0.15, -0.1) is 0 Å². The van der Waals surface area contributed by atoms with Crippen LogP contribution in [0.1, 0.15) is 21.8 Å². The molecule has 2 heterocycles. The maximum Gasteiger partial charge on any atom is 0.288 e. The highest BCUT2D eigenvalue weighted by molar-refractivity contribution is 7.99. The van der Waals surface area contributed by atoms with E-state index in [9.17, 15) is 13.6 Å². The first-order valence-electron chi connectivity index (χ1n) is 7.87. The molecule has 0 aliphatic rings. The minimum absolute atomic E-state index is 0.323. The van der Waals surface area contributed by atoms with Crippen molar-refractivity contribution in [2.45, 2.75) is 28.4 Å². The van der Waals surface area contributed by atoms with Gasteiger partial charge in [-0.25, -0.2) is 4.98 Å². The van der Waals surface area contributed by atoms with Crippen molar-refractivity contribution in [3.8, 4) is 0 Å². The van der Waals surface area contributed by atoms with E-state index in [4.69, 9.17) is 4.52 Å². The van der Waals surface area contributed by atoms with Gasteiger partial charge < -0.3 is 9.84 Å². The average Bonchev–Trinajstić information content (AvgIpc) is 3.07. The number of nitrogens with zero attached hydrogens (tertiary/aromatic N) is 2. The molecule has 0 aliphatic heterocycles. The van der Waals surface area contributed by atoms with Gasteiger partial charge in [-0.2, -0.15) is 8.78 Å². The number of hydrogen-bond donors (Lipinski definition) is 1. The molecule has 1 N–H and O–H groups in total. The van der Waals surface area contributed by atoms with E-state index in [1.165, 1.54) is 23.9 Å². The fourth-order valence-electron chi connectivity index (χ4n) is 2.23. The smallest absolute Gasteiger partial charge is 0.288 e. The number of carbonyl (C=O) groups excluding carboxylic acids is 1. The van der Waals surface area contributed by atoms with Crippen LogP contribution in [0.4, 0.5) is 14.5 Å². The number of amides is 1. The summed E-state index contributed by atoms with van der Waals surface area (Å²) in [5.41, 5.74) is 1.71. The number of hydrogen-bond acceptors (Lipinski definition) is 6. The molecule has 3 rings (SSSR count). The zero-order valence-corrected chi connectivity index (χ0v) is 15.8. The fraction of sp³-hybridized carbons (Fsp3) is 0.167. The lowest BCUT2D eigenvalue weighted by Crippen LogP contribution is -2.13. The SMILES string of the molecule is Cc1cc(CSc2ncccc2C(=O)Nc2ccc(SC(F)F)cc2)no1. The van der Waals surface area contributed by atoms with Gasteiger partial charge >= 0.3 is 0 Å². The maximum atomic E-state index is 12.6. The molecule has 0 bridgehead atoms. The molecule has 2 aromatic heterocycles. The zero-order chi connectivity index (χ0) is 19.2. The van der Waals surface area contributed by atoms with Gasteiger partial charge in [0.05, 0.1) is 11.3 Å². The fourth-order valence-corrected chi connectivity index (χ4v) is 3.60. The molecule has 3 aromatic rings. The van der Waals surface area contributed by atoms with Gasteiger partial charge in [0.25, 0.3) is 11.7 Å². The summed E-state index contributed by atoms with van der Waals surface area (Å²) >= 11 is 1.84. The second kappa shape index (κ2) is 9.01. The van der Waals surface area contributed by atoms with Gasteiger partial charge in [-0.05, 0) is 43.3 Å². The van der Waals surface area contributed by atoms with Crippen molar-refractivity contribution in [2.24, 2.45) is 0 Å². The zero-order valence-electron chi connectivity index (χ0n) is 14.2. The van der Waals surface area contributed by atoms with E-state index >= 15 is 0 Å². The summed E-state index contributed by atoms with van der Waals surface area (Å²) in [7, 11) is 0. The number of rotatable bonds is 7. The van der Waals surface area contributed by atoms with Crippen LogP contribution in [0.15, 0.2) is 63.1 Å². The number of thioether (sulfide) groups is 2. The highest BCUT2D eigenvalue weighted by atomic mass is 32.2. The van der Waals surface area contributed by atoms with Gasteiger partial charge in [-0.1, -0.05) is 28.7 Å². The van der Waals surface area contributed by atoms with Crippen LogP contribution >= 0.6 is 23.5 Å². The van der Waals surface area contributed by atoms with Crippen LogP contribution in [0.25, 0.3) is 0 Å². The molecule has 27 heavy (non-hydrogen) atoms. The van der Waals surface area contributed by atoms with Gasteiger partial charge in [0.2, 0.25) is 0 Å². The normalized spacial score (nSPS) is 11.0. The number of aryl methyl sites for hydroxylation is 1. The van der Waals surface area contributed by atoms with E-state index in [0.29, 0.717) is 38.7 Å². The first kappa shape index (κ1) is 19.4. The summed E-state index contributed by atoms with van der Waals surface area (Å²) in [6.45, 7) is 1.81. The average molecular weight is 407 g/mol. The van der Waals surface area contributed by atoms with Gasteiger partial charge in [0.1, 0.15) is 10.8 Å². The Morgan fingerprint density at radius 1 is 1.26 bits per heavy atom. The summed E-state index contributed by atoms with van der Waals surface area (Å²) < 4.78 is 29.8. The van der Waals surface area contributed by atoms with Crippen molar-refractivity contribution >= 4 is 35.1 Å². The van der Waals surface area contributed by atoms with E-state index < -0.39 is 5.76 Å². The first-order valence-corrected chi connectivity index (χ1v) is 9.74. The van der Waals surface area contributed by atoms with Crippen LogP contribution in [0.5, 0.6) is 0 Å². The van der Waals surface area contributed by atoms with Crippen molar-refractivity contribution in [2.75, 3.05) is 5.32 Å². The van der Waals surface area contributed by atoms with E-state index in [-0.39, 0.29) is 5.91 Å². The number of aromatic nitrogens is 2. The molecular formula is C18H15F2N3O2S2. The Morgan fingerprint density at radius 2 is 2.04 bits per heavy atom. The van der Waals surface area contributed by atoms with Crippen LogP contribution < -0.4 is 5.32 Å². The Kier molecular flexibility index (Phi) is 6.46. The van der Waals surface area contributed by atoms with Crippen LogP contribution in [0, 0.1) is 6.92 Å². The minimum atomic E-state index is -2.48. The molecule has 1 aromatic carbocycles.